The molecule has 2 atom stereocenters. The standard InChI is InChI=1S/C15H18N2O/c16-13-8-9-17(11-12-5-2-1-3-6-12)15(13)14-7-4-10-18-14/h1-7,10,13,15H,8-9,11,16H2/t13-,15-/m1/s1. The first-order chi connectivity index (χ1) is 8.84. The van der Waals surface area contributed by atoms with Crippen LogP contribution in [-0.4, -0.2) is 17.5 Å². The molecular weight excluding hydrogens is 224 g/mol. The van der Waals surface area contributed by atoms with Gasteiger partial charge in [0.2, 0.25) is 0 Å². The first-order valence-electron chi connectivity index (χ1n) is 6.41. The van der Waals surface area contributed by atoms with Crippen molar-refractivity contribution in [3.63, 3.8) is 0 Å². The third-order valence-electron chi connectivity index (χ3n) is 3.61. The summed E-state index contributed by atoms with van der Waals surface area (Å²) < 4.78 is 5.53. The Morgan fingerprint density at radius 2 is 2.00 bits per heavy atom. The van der Waals surface area contributed by atoms with Crippen LogP contribution in [0, 0.1) is 0 Å². The number of hydrogen-bond donors (Lipinski definition) is 1. The van der Waals surface area contributed by atoms with Crippen LogP contribution in [0.15, 0.2) is 53.1 Å². The monoisotopic (exact) mass is 242 g/mol. The summed E-state index contributed by atoms with van der Waals surface area (Å²) in [7, 11) is 0. The predicted octanol–water partition coefficient (Wildman–Crippen LogP) is 2.55. The highest BCUT2D eigenvalue weighted by Gasteiger charge is 2.34. The molecule has 1 aromatic carbocycles. The van der Waals surface area contributed by atoms with Crippen LogP contribution in [0.25, 0.3) is 0 Å². The Bertz CT molecular complexity index is 480. The van der Waals surface area contributed by atoms with Crippen LogP contribution in [0.2, 0.25) is 0 Å². The minimum absolute atomic E-state index is 0.167. The zero-order chi connectivity index (χ0) is 12.4. The van der Waals surface area contributed by atoms with Crippen LogP contribution in [0.1, 0.15) is 23.8 Å². The molecule has 3 heteroatoms. The van der Waals surface area contributed by atoms with E-state index >= 15 is 0 Å². The summed E-state index contributed by atoms with van der Waals surface area (Å²) in [5, 5.41) is 0. The van der Waals surface area contributed by atoms with Crippen molar-refractivity contribution in [3.05, 3.63) is 60.1 Å². The molecule has 1 aliphatic heterocycles. The maximum absolute atomic E-state index is 6.21. The fourth-order valence-corrected chi connectivity index (χ4v) is 2.73. The molecule has 0 saturated carbocycles. The lowest BCUT2D eigenvalue weighted by Crippen LogP contribution is -2.31. The van der Waals surface area contributed by atoms with Crippen LogP contribution in [0.3, 0.4) is 0 Å². The van der Waals surface area contributed by atoms with Crippen LogP contribution < -0.4 is 5.73 Å². The van der Waals surface area contributed by atoms with E-state index in [1.807, 2.05) is 18.2 Å². The minimum Gasteiger partial charge on any atom is -0.468 e. The molecule has 1 aliphatic rings. The second-order valence-corrected chi connectivity index (χ2v) is 4.87. The highest BCUT2D eigenvalue weighted by atomic mass is 16.3. The molecular formula is C15H18N2O. The van der Waals surface area contributed by atoms with E-state index in [1.165, 1.54) is 5.56 Å². The SMILES string of the molecule is N[C@@H]1CCN(Cc2ccccc2)[C@H]1c1ccco1. The van der Waals surface area contributed by atoms with Gasteiger partial charge < -0.3 is 10.2 Å². The third-order valence-corrected chi connectivity index (χ3v) is 3.61. The summed E-state index contributed by atoms with van der Waals surface area (Å²) in [6.45, 7) is 1.96. The van der Waals surface area contributed by atoms with Crippen molar-refractivity contribution in [1.29, 1.82) is 0 Å². The van der Waals surface area contributed by atoms with Crippen molar-refractivity contribution in [3.8, 4) is 0 Å². The van der Waals surface area contributed by atoms with Gasteiger partial charge in [-0.15, -0.1) is 0 Å². The van der Waals surface area contributed by atoms with E-state index in [4.69, 9.17) is 10.2 Å². The summed E-state index contributed by atoms with van der Waals surface area (Å²) >= 11 is 0. The van der Waals surface area contributed by atoms with Gasteiger partial charge in [0.05, 0.1) is 12.3 Å². The van der Waals surface area contributed by atoms with Gasteiger partial charge in [0.15, 0.2) is 0 Å². The fourth-order valence-electron chi connectivity index (χ4n) is 2.73. The fraction of sp³-hybridized carbons (Fsp3) is 0.333. The summed E-state index contributed by atoms with van der Waals surface area (Å²) in [6.07, 6.45) is 2.75. The van der Waals surface area contributed by atoms with Crippen molar-refractivity contribution in [2.24, 2.45) is 5.73 Å². The van der Waals surface area contributed by atoms with Gasteiger partial charge in [0, 0.05) is 19.1 Å². The number of nitrogens with two attached hydrogens (primary N) is 1. The average molecular weight is 242 g/mol. The number of rotatable bonds is 3. The largest absolute Gasteiger partial charge is 0.468 e. The highest BCUT2D eigenvalue weighted by molar-refractivity contribution is 5.17. The molecule has 1 fully saturated rings. The second-order valence-electron chi connectivity index (χ2n) is 4.87. The summed E-state index contributed by atoms with van der Waals surface area (Å²) in [5.41, 5.74) is 7.53. The van der Waals surface area contributed by atoms with Crippen molar-refractivity contribution in [1.82, 2.24) is 4.90 Å². The normalized spacial score (nSPS) is 24.5. The van der Waals surface area contributed by atoms with Crippen molar-refractivity contribution in [2.45, 2.75) is 25.0 Å². The Morgan fingerprint density at radius 1 is 1.17 bits per heavy atom. The molecule has 2 N–H and O–H groups in total. The maximum atomic E-state index is 6.21. The van der Waals surface area contributed by atoms with E-state index in [0.29, 0.717) is 0 Å². The molecule has 3 rings (SSSR count). The molecule has 0 amide bonds. The quantitative estimate of drug-likeness (QED) is 0.899. The van der Waals surface area contributed by atoms with E-state index in [-0.39, 0.29) is 12.1 Å². The topological polar surface area (TPSA) is 42.4 Å². The zero-order valence-corrected chi connectivity index (χ0v) is 10.3. The molecule has 1 aromatic heterocycles. The van der Waals surface area contributed by atoms with Gasteiger partial charge in [0.25, 0.3) is 0 Å². The van der Waals surface area contributed by atoms with Gasteiger partial charge in [-0.25, -0.2) is 0 Å². The molecule has 0 bridgehead atoms. The Morgan fingerprint density at radius 3 is 2.72 bits per heavy atom. The third kappa shape index (κ3) is 2.19. The molecule has 18 heavy (non-hydrogen) atoms. The first kappa shape index (κ1) is 11.5. The number of furan rings is 1. The lowest BCUT2D eigenvalue weighted by Gasteiger charge is -2.24. The van der Waals surface area contributed by atoms with E-state index < -0.39 is 0 Å². The lowest BCUT2D eigenvalue weighted by atomic mass is 10.1. The minimum atomic E-state index is 0.167. The van der Waals surface area contributed by atoms with Crippen molar-refractivity contribution >= 4 is 0 Å². The van der Waals surface area contributed by atoms with Gasteiger partial charge in [-0.05, 0) is 24.1 Å². The lowest BCUT2D eigenvalue weighted by molar-refractivity contribution is 0.211. The van der Waals surface area contributed by atoms with Crippen LogP contribution in [-0.2, 0) is 6.54 Å². The molecule has 0 radical (unpaired) electrons. The van der Waals surface area contributed by atoms with Crippen LogP contribution in [0.4, 0.5) is 0 Å². The highest BCUT2D eigenvalue weighted by Crippen LogP contribution is 2.32. The van der Waals surface area contributed by atoms with E-state index in [2.05, 4.69) is 29.2 Å². The molecule has 94 valence electrons. The first-order valence-corrected chi connectivity index (χ1v) is 6.41. The Hall–Kier alpha value is -1.58. The zero-order valence-electron chi connectivity index (χ0n) is 10.3. The molecule has 2 heterocycles. The Balaban J connectivity index is 1.79. The smallest absolute Gasteiger partial charge is 0.122 e. The predicted molar refractivity (Wildman–Crippen MR) is 70.9 cm³/mol. The van der Waals surface area contributed by atoms with Crippen molar-refractivity contribution < 1.29 is 4.42 Å². The second kappa shape index (κ2) is 4.96. The van der Waals surface area contributed by atoms with Gasteiger partial charge >= 0.3 is 0 Å². The maximum Gasteiger partial charge on any atom is 0.122 e. The molecule has 0 spiro atoms. The molecule has 0 unspecified atom stereocenters. The molecule has 2 aromatic rings. The van der Waals surface area contributed by atoms with Gasteiger partial charge in [-0.1, -0.05) is 30.3 Å². The summed E-state index contributed by atoms with van der Waals surface area (Å²) in [6, 6.07) is 14.8. The number of likely N-dealkylation sites (tertiary alicyclic amines) is 1. The van der Waals surface area contributed by atoms with E-state index in [0.717, 1.165) is 25.3 Å². The van der Waals surface area contributed by atoms with Gasteiger partial charge in [-0.2, -0.15) is 0 Å². The molecule has 3 nitrogen and oxygen atoms in total. The van der Waals surface area contributed by atoms with Gasteiger partial charge in [0.1, 0.15) is 5.76 Å². The van der Waals surface area contributed by atoms with E-state index in [1.54, 1.807) is 6.26 Å². The van der Waals surface area contributed by atoms with Gasteiger partial charge in [-0.3, -0.25) is 4.90 Å². The average Bonchev–Trinajstić information content (AvgIpc) is 3.01. The van der Waals surface area contributed by atoms with Crippen molar-refractivity contribution in [2.75, 3.05) is 6.54 Å². The number of nitrogens with zero attached hydrogens (tertiary/aromatic N) is 1. The Kier molecular flexibility index (Phi) is 3.17. The number of hydrogen-bond acceptors (Lipinski definition) is 3. The number of benzene rings is 1. The van der Waals surface area contributed by atoms with Crippen LogP contribution in [0.5, 0.6) is 0 Å². The van der Waals surface area contributed by atoms with Crippen LogP contribution >= 0.6 is 0 Å². The van der Waals surface area contributed by atoms with E-state index in [9.17, 15) is 0 Å². The summed E-state index contributed by atoms with van der Waals surface area (Å²) in [5.74, 6) is 0.982. The summed E-state index contributed by atoms with van der Waals surface area (Å²) in [4.78, 5) is 2.40. The molecule has 1 saturated heterocycles. The molecule has 0 aliphatic carbocycles. The Labute approximate surface area is 107 Å².